The number of sulfone groups is 1. The summed E-state index contributed by atoms with van der Waals surface area (Å²) < 4.78 is 27.6. The average molecular weight is 469 g/mol. The molecule has 4 aromatic rings. The molecular weight excluding hydrogens is 444 g/mol. The van der Waals surface area contributed by atoms with E-state index in [4.69, 9.17) is 4.98 Å². The minimum absolute atomic E-state index is 0.127. The monoisotopic (exact) mass is 468 g/mol. The van der Waals surface area contributed by atoms with Crippen LogP contribution >= 0.6 is 11.3 Å². The van der Waals surface area contributed by atoms with Crippen LogP contribution in [0.3, 0.4) is 0 Å². The summed E-state index contributed by atoms with van der Waals surface area (Å²) in [6.45, 7) is 9.18. The van der Waals surface area contributed by atoms with Crippen molar-refractivity contribution in [3.8, 4) is 5.13 Å². The van der Waals surface area contributed by atoms with Gasteiger partial charge in [-0.25, -0.2) is 13.4 Å². The van der Waals surface area contributed by atoms with Crippen molar-refractivity contribution in [2.75, 3.05) is 5.32 Å². The summed E-state index contributed by atoms with van der Waals surface area (Å²) in [5.74, 6) is 0.0527. The third-order valence-electron chi connectivity index (χ3n) is 5.29. The van der Waals surface area contributed by atoms with Crippen molar-refractivity contribution in [2.24, 2.45) is 0 Å². The number of rotatable bonds is 5. The summed E-state index contributed by atoms with van der Waals surface area (Å²) in [6, 6.07) is 12.0. The Morgan fingerprint density at radius 3 is 2.50 bits per heavy atom. The number of fused-ring (bicyclic) bond motifs is 1. The number of carbonyl (C=O) groups excluding carboxylic acids is 1. The number of nitrogens with zero attached hydrogens (tertiary/aromatic N) is 3. The van der Waals surface area contributed by atoms with Crippen LogP contribution in [0.25, 0.3) is 15.3 Å². The van der Waals surface area contributed by atoms with Crippen LogP contribution in [-0.2, 0) is 9.84 Å². The molecule has 0 unspecified atom stereocenters. The van der Waals surface area contributed by atoms with E-state index in [-0.39, 0.29) is 10.5 Å². The van der Waals surface area contributed by atoms with Gasteiger partial charge in [0.05, 0.1) is 26.1 Å². The third-order valence-corrected chi connectivity index (χ3v) is 8.44. The lowest BCUT2D eigenvalue weighted by molar-refractivity contribution is 0.102. The standard InChI is InChI=1S/C23H24N4O3S2/c1-13(2)32(29,30)18-8-6-7-17(12-18)22(28)25-21-11-16(5)26-27(21)23-24-19-9-14(3)15(4)10-20(19)31-23/h6-13H,1-5H3,(H,25,28). The van der Waals surface area contributed by atoms with Crippen LogP contribution in [0, 0.1) is 20.8 Å². The van der Waals surface area contributed by atoms with Crippen LogP contribution in [0.2, 0.25) is 0 Å². The molecule has 0 aliphatic rings. The van der Waals surface area contributed by atoms with Crippen LogP contribution in [-0.4, -0.2) is 34.3 Å². The molecule has 0 saturated heterocycles. The van der Waals surface area contributed by atoms with Gasteiger partial charge < -0.3 is 5.32 Å². The molecule has 0 aliphatic heterocycles. The largest absolute Gasteiger partial charge is 0.306 e. The predicted molar refractivity (Wildman–Crippen MR) is 128 cm³/mol. The number of anilines is 1. The number of hydrogen-bond acceptors (Lipinski definition) is 6. The molecule has 2 heterocycles. The van der Waals surface area contributed by atoms with Gasteiger partial charge in [0.25, 0.3) is 5.91 Å². The normalized spacial score (nSPS) is 11.9. The quantitative estimate of drug-likeness (QED) is 0.452. The first-order valence-electron chi connectivity index (χ1n) is 10.2. The van der Waals surface area contributed by atoms with Crippen molar-refractivity contribution in [1.82, 2.24) is 14.8 Å². The molecule has 9 heteroatoms. The van der Waals surface area contributed by atoms with Crippen LogP contribution in [0.4, 0.5) is 5.82 Å². The first-order chi connectivity index (χ1) is 15.1. The fourth-order valence-corrected chi connectivity index (χ4v) is 5.38. The lowest BCUT2D eigenvalue weighted by Crippen LogP contribution is -2.17. The zero-order valence-electron chi connectivity index (χ0n) is 18.5. The van der Waals surface area contributed by atoms with Crippen molar-refractivity contribution < 1.29 is 13.2 Å². The fraction of sp³-hybridized carbons (Fsp3) is 0.261. The van der Waals surface area contributed by atoms with Gasteiger partial charge in [-0.3, -0.25) is 4.79 Å². The van der Waals surface area contributed by atoms with Crippen molar-refractivity contribution in [3.63, 3.8) is 0 Å². The topological polar surface area (TPSA) is 94.0 Å². The van der Waals surface area contributed by atoms with Crippen LogP contribution < -0.4 is 5.32 Å². The van der Waals surface area contributed by atoms with Crippen molar-refractivity contribution >= 4 is 43.1 Å². The van der Waals surface area contributed by atoms with Crippen LogP contribution in [0.5, 0.6) is 0 Å². The van der Waals surface area contributed by atoms with Crippen molar-refractivity contribution in [3.05, 3.63) is 64.8 Å². The highest BCUT2D eigenvalue weighted by Gasteiger charge is 2.21. The number of benzene rings is 2. The lowest BCUT2D eigenvalue weighted by Gasteiger charge is -2.10. The van der Waals surface area contributed by atoms with E-state index < -0.39 is 21.0 Å². The SMILES string of the molecule is Cc1cc(NC(=O)c2cccc(S(=O)(=O)C(C)C)c2)n(-c2nc3cc(C)c(C)cc3s2)n1. The Bertz CT molecular complexity index is 1410. The van der Waals surface area contributed by atoms with Gasteiger partial charge in [-0.05, 0) is 76.1 Å². The maximum Gasteiger partial charge on any atom is 0.256 e. The number of aryl methyl sites for hydroxylation is 3. The third kappa shape index (κ3) is 4.05. The molecule has 1 N–H and O–H groups in total. The molecule has 0 radical (unpaired) electrons. The van der Waals surface area contributed by atoms with E-state index in [9.17, 15) is 13.2 Å². The van der Waals surface area contributed by atoms with Gasteiger partial charge in [-0.2, -0.15) is 9.78 Å². The van der Waals surface area contributed by atoms with Crippen LogP contribution in [0.15, 0.2) is 47.4 Å². The van der Waals surface area contributed by atoms with E-state index in [0.29, 0.717) is 10.9 Å². The molecule has 0 atom stereocenters. The smallest absolute Gasteiger partial charge is 0.256 e. The van der Waals surface area contributed by atoms with Gasteiger partial charge in [-0.15, -0.1) is 0 Å². The van der Waals surface area contributed by atoms with E-state index in [1.165, 1.54) is 29.0 Å². The predicted octanol–water partition coefficient (Wildman–Crippen LogP) is 4.84. The Morgan fingerprint density at radius 1 is 1.06 bits per heavy atom. The second-order valence-electron chi connectivity index (χ2n) is 8.06. The van der Waals surface area contributed by atoms with Gasteiger partial charge in [0.15, 0.2) is 9.84 Å². The molecule has 0 aliphatic carbocycles. The molecule has 0 saturated carbocycles. The molecule has 32 heavy (non-hydrogen) atoms. The minimum atomic E-state index is -3.48. The van der Waals surface area contributed by atoms with E-state index in [0.717, 1.165) is 21.5 Å². The number of carbonyl (C=O) groups is 1. The molecule has 4 rings (SSSR count). The lowest BCUT2D eigenvalue weighted by atomic mass is 10.1. The van der Waals surface area contributed by atoms with Gasteiger partial charge in [0.2, 0.25) is 5.13 Å². The molecular formula is C23H24N4O3S2. The number of thiazole rings is 1. The van der Waals surface area contributed by atoms with E-state index >= 15 is 0 Å². The minimum Gasteiger partial charge on any atom is -0.306 e. The second-order valence-corrected chi connectivity index (χ2v) is 11.6. The summed E-state index contributed by atoms with van der Waals surface area (Å²) in [7, 11) is -3.48. The number of hydrogen-bond donors (Lipinski definition) is 1. The van der Waals surface area contributed by atoms with Crippen LogP contribution in [0.1, 0.15) is 41.0 Å². The molecule has 0 bridgehead atoms. The first-order valence-corrected chi connectivity index (χ1v) is 12.5. The van der Waals surface area contributed by atoms with E-state index in [1.807, 2.05) is 19.9 Å². The van der Waals surface area contributed by atoms with Crippen molar-refractivity contribution in [2.45, 2.75) is 44.8 Å². The molecule has 2 aromatic heterocycles. The maximum absolute atomic E-state index is 13.0. The number of nitrogens with one attached hydrogen (secondary N) is 1. The fourth-order valence-electron chi connectivity index (χ4n) is 3.27. The Morgan fingerprint density at radius 2 is 1.78 bits per heavy atom. The van der Waals surface area contributed by atoms with Gasteiger partial charge >= 0.3 is 0 Å². The Labute approximate surface area is 191 Å². The van der Waals surface area contributed by atoms with Gasteiger partial charge in [0, 0.05) is 11.6 Å². The summed E-state index contributed by atoms with van der Waals surface area (Å²) in [5, 5.41) is 7.43. The summed E-state index contributed by atoms with van der Waals surface area (Å²) >= 11 is 1.49. The zero-order valence-corrected chi connectivity index (χ0v) is 20.1. The number of amides is 1. The maximum atomic E-state index is 13.0. The Balaban J connectivity index is 1.68. The van der Waals surface area contributed by atoms with Gasteiger partial charge in [-0.1, -0.05) is 17.4 Å². The molecule has 166 valence electrons. The van der Waals surface area contributed by atoms with E-state index in [1.54, 1.807) is 36.7 Å². The molecule has 0 fully saturated rings. The van der Waals surface area contributed by atoms with E-state index in [2.05, 4.69) is 23.4 Å². The van der Waals surface area contributed by atoms with Crippen molar-refractivity contribution in [1.29, 1.82) is 0 Å². The second kappa shape index (κ2) is 8.14. The highest BCUT2D eigenvalue weighted by Crippen LogP contribution is 2.29. The Kier molecular flexibility index (Phi) is 5.64. The average Bonchev–Trinajstić information content (AvgIpc) is 3.30. The highest BCUT2D eigenvalue weighted by molar-refractivity contribution is 7.92. The Hall–Kier alpha value is -3.04. The summed E-state index contributed by atoms with van der Waals surface area (Å²) in [4.78, 5) is 17.8. The van der Waals surface area contributed by atoms with Gasteiger partial charge in [0.1, 0.15) is 5.82 Å². The molecule has 7 nitrogen and oxygen atoms in total. The molecule has 1 amide bonds. The summed E-state index contributed by atoms with van der Waals surface area (Å²) in [6.07, 6.45) is 0. The summed E-state index contributed by atoms with van der Waals surface area (Å²) in [5.41, 5.74) is 4.21. The highest BCUT2D eigenvalue weighted by atomic mass is 32.2. The number of aromatic nitrogens is 3. The first kappa shape index (κ1) is 22.2. The molecule has 0 spiro atoms. The molecule has 2 aromatic carbocycles. The zero-order chi connectivity index (χ0) is 23.2.